The third kappa shape index (κ3) is 6.53. The Morgan fingerprint density at radius 1 is 1.14 bits per heavy atom. The van der Waals surface area contributed by atoms with Gasteiger partial charge in [0.15, 0.2) is 6.10 Å². The van der Waals surface area contributed by atoms with E-state index in [-0.39, 0.29) is 6.04 Å². The molecular weight excluding hydrogens is 364 g/mol. The van der Waals surface area contributed by atoms with E-state index in [1.54, 1.807) is 0 Å². The summed E-state index contributed by atoms with van der Waals surface area (Å²) in [4.78, 5) is 16.4. The first-order valence-corrected chi connectivity index (χ1v) is 9.87. The topological polar surface area (TPSA) is 53.0 Å². The zero-order valence-electron chi connectivity index (χ0n) is 17.6. The van der Waals surface area contributed by atoms with Crippen LogP contribution in [0.25, 0.3) is 0 Å². The fraction of sp³-hybridized carbons (Fsp3) is 0.375. The largest absolute Gasteiger partial charge is 0.467 e. The van der Waals surface area contributed by atoms with E-state index in [9.17, 15) is 9.90 Å². The molecule has 0 amide bonds. The van der Waals surface area contributed by atoms with E-state index in [2.05, 4.69) is 30.5 Å². The first-order chi connectivity index (χ1) is 14.0. The smallest absolute Gasteiger partial charge is 0.336 e. The lowest BCUT2D eigenvalue weighted by atomic mass is 10.0. The summed E-state index contributed by atoms with van der Waals surface area (Å²) in [6, 6.07) is 19.8. The summed E-state index contributed by atoms with van der Waals surface area (Å²) in [5, 5.41) is 10.8. The van der Waals surface area contributed by atoms with E-state index in [4.69, 9.17) is 4.74 Å². The number of benzene rings is 2. The molecule has 3 atom stereocenters. The molecule has 1 N–H and O–H groups in total. The fourth-order valence-electron chi connectivity index (χ4n) is 3.48. The Morgan fingerprint density at radius 3 is 2.28 bits per heavy atom. The number of aliphatic hydroxyl groups excluding tert-OH is 1. The van der Waals surface area contributed by atoms with Crippen molar-refractivity contribution >= 4 is 5.97 Å². The van der Waals surface area contributed by atoms with Crippen LogP contribution in [0, 0.1) is 0 Å². The van der Waals surface area contributed by atoms with Gasteiger partial charge in [0.25, 0.3) is 0 Å². The second-order valence-corrected chi connectivity index (χ2v) is 7.26. The van der Waals surface area contributed by atoms with Crippen LogP contribution in [0.15, 0.2) is 73.3 Å². The molecule has 0 aliphatic heterocycles. The normalized spacial score (nSPS) is 14.4. The highest BCUT2D eigenvalue weighted by Crippen LogP contribution is 2.23. The van der Waals surface area contributed by atoms with Crippen LogP contribution in [0.1, 0.15) is 24.1 Å². The van der Waals surface area contributed by atoms with Crippen LogP contribution >= 0.6 is 0 Å². The number of carbonyl (C=O) groups excluding carboxylic acids is 1. The van der Waals surface area contributed by atoms with Gasteiger partial charge in [-0.2, -0.15) is 0 Å². The molecule has 5 heteroatoms. The van der Waals surface area contributed by atoms with Crippen molar-refractivity contribution < 1.29 is 14.6 Å². The van der Waals surface area contributed by atoms with Gasteiger partial charge in [0.2, 0.25) is 0 Å². The molecule has 0 spiro atoms. The highest BCUT2D eigenvalue weighted by Gasteiger charge is 2.34. The van der Waals surface area contributed by atoms with E-state index in [1.807, 2.05) is 66.6 Å². The molecule has 0 aliphatic carbocycles. The number of ether oxygens (including phenoxy) is 1. The Kier molecular flexibility index (Phi) is 9.06. The van der Waals surface area contributed by atoms with Crippen LogP contribution in [0.5, 0.6) is 0 Å². The zero-order valence-corrected chi connectivity index (χ0v) is 17.6. The number of methoxy groups -OCH3 is 1. The van der Waals surface area contributed by atoms with Gasteiger partial charge in [0, 0.05) is 25.7 Å². The van der Waals surface area contributed by atoms with Crippen molar-refractivity contribution in [1.29, 1.82) is 0 Å². The second-order valence-electron chi connectivity index (χ2n) is 7.26. The van der Waals surface area contributed by atoms with Gasteiger partial charge in [-0.25, -0.2) is 4.79 Å². The van der Waals surface area contributed by atoms with Crippen LogP contribution in [0.4, 0.5) is 0 Å². The number of nitrogens with zero attached hydrogens (tertiary/aromatic N) is 2. The third-order valence-corrected chi connectivity index (χ3v) is 5.30. The van der Waals surface area contributed by atoms with Gasteiger partial charge < -0.3 is 9.84 Å². The number of carbonyl (C=O) groups is 1. The number of hydrogen-bond acceptors (Lipinski definition) is 5. The Morgan fingerprint density at radius 2 is 1.72 bits per heavy atom. The maximum Gasteiger partial charge on any atom is 0.336 e. The summed E-state index contributed by atoms with van der Waals surface area (Å²) in [7, 11) is 3.23. The van der Waals surface area contributed by atoms with Crippen LogP contribution in [-0.4, -0.2) is 60.3 Å². The molecule has 156 valence electrons. The minimum Gasteiger partial charge on any atom is -0.467 e. The van der Waals surface area contributed by atoms with Crippen LogP contribution in [0.3, 0.4) is 0 Å². The van der Waals surface area contributed by atoms with Crippen molar-refractivity contribution in [3.05, 3.63) is 84.4 Å². The zero-order chi connectivity index (χ0) is 21.2. The highest BCUT2D eigenvalue weighted by atomic mass is 16.5. The van der Waals surface area contributed by atoms with Crippen LogP contribution in [-0.2, 0) is 16.1 Å². The standard InChI is InChI=1S/C24H32N2O3/c1-5-16-26(17-20-12-8-6-9-13-20)18-22(23(27)24(28)29-4)25(3)19(2)21-14-10-7-11-15-21/h5-15,19,22-23,27H,1,16-18H2,2-4H3/t19-,22-,23-/m0/s1. The first kappa shape index (κ1) is 22.8. The average molecular weight is 397 g/mol. The molecule has 2 rings (SSSR count). The lowest BCUT2D eigenvalue weighted by Crippen LogP contribution is -2.52. The highest BCUT2D eigenvalue weighted by molar-refractivity contribution is 5.75. The quantitative estimate of drug-likeness (QED) is 0.467. The van der Waals surface area contributed by atoms with E-state index >= 15 is 0 Å². The van der Waals surface area contributed by atoms with Gasteiger partial charge in [-0.3, -0.25) is 9.80 Å². The summed E-state index contributed by atoms with van der Waals surface area (Å²) < 4.78 is 4.83. The van der Waals surface area contributed by atoms with Crippen molar-refractivity contribution in [1.82, 2.24) is 9.80 Å². The van der Waals surface area contributed by atoms with Gasteiger partial charge in [-0.05, 0) is 25.1 Å². The summed E-state index contributed by atoms with van der Waals surface area (Å²) >= 11 is 0. The average Bonchev–Trinajstić information content (AvgIpc) is 2.76. The molecule has 0 fully saturated rings. The molecule has 0 saturated carbocycles. The molecule has 29 heavy (non-hydrogen) atoms. The van der Waals surface area contributed by atoms with Crippen molar-refractivity contribution in [3.8, 4) is 0 Å². The molecule has 0 radical (unpaired) electrons. The van der Waals surface area contributed by atoms with E-state index in [1.165, 1.54) is 12.7 Å². The second kappa shape index (κ2) is 11.5. The lowest BCUT2D eigenvalue weighted by molar-refractivity contribution is -0.155. The maximum absolute atomic E-state index is 12.2. The van der Waals surface area contributed by atoms with Crippen molar-refractivity contribution in [3.63, 3.8) is 0 Å². The van der Waals surface area contributed by atoms with Gasteiger partial charge in [-0.1, -0.05) is 66.7 Å². The Hall–Kier alpha value is -2.47. The minimum absolute atomic E-state index is 0.0165. The molecule has 2 aromatic rings. The molecule has 0 unspecified atom stereocenters. The number of likely N-dealkylation sites (N-methyl/N-ethyl adjacent to an activating group) is 1. The summed E-state index contributed by atoms with van der Waals surface area (Å²) in [5.74, 6) is -0.625. The molecule has 0 aliphatic rings. The monoisotopic (exact) mass is 396 g/mol. The van der Waals surface area contributed by atoms with Crippen LogP contribution in [0.2, 0.25) is 0 Å². The van der Waals surface area contributed by atoms with Crippen molar-refractivity contribution in [2.75, 3.05) is 27.2 Å². The Labute approximate surface area is 174 Å². The number of rotatable bonds is 11. The SMILES string of the molecule is C=CCN(Cc1ccccc1)C[C@@H]([C@H](O)C(=O)OC)N(C)[C@@H](C)c1ccccc1. The number of aliphatic hydroxyl groups is 1. The van der Waals surface area contributed by atoms with E-state index in [0.717, 1.165) is 5.56 Å². The summed E-state index contributed by atoms with van der Waals surface area (Å²) in [6.07, 6.45) is 0.588. The minimum atomic E-state index is -1.25. The number of esters is 1. The molecule has 2 aromatic carbocycles. The Balaban J connectivity index is 2.25. The lowest BCUT2D eigenvalue weighted by Gasteiger charge is -2.38. The first-order valence-electron chi connectivity index (χ1n) is 9.87. The van der Waals surface area contributed by atoms with Gasteiger partial charge in [-0.15, -0.1) is 6.58 Å². The van der Waals surface area contributed by atoms with Gasteiger partial charge in [0.1, 0.15) is 0 Å². The van der Waals surface area contributed by atoms with Crippen LogP contribution < -0.4 is 0 Å². The molecule has 0 heterocycles. The molecule has 5 nitrogen and oxygen atoms in total. The molecule has 0 saturated heterocycles. The summed E-state index contributed by atoms with van der Waals surface area (Å²) in [6.45, 7) is 7.77. The fourth-order valence-corrected chi connectivity index (χ4v) is 3.48. The van der Waals surface area contributed by atoms with Crippen molar-refractivity contribution in [2.45, 2.75) is 31.7 Å². The summed E-state index contributed by atoms with van der Waals surface area (Å²) in [5.41, 5.74) is 2.29. The van der Waals surface area contributed by atoms with E-state index < -0.39 is 18.1 Å². The third-order valence-electron chi connectivity index (χ3n) is 5.30. The van der Waals surface area contributed by atoms with Crippen molar-refractivity contribution in [2.24, 2.45) is 0 Å². The molecule has 0 aromatic heterocycles. The number of hydrogen-bond donors (Lipinski definition) is 1. The molecule has 0 bridgehead atoms. The predicted octanol–water partition coefficient (Wildman–Crippen LogP) is 3.27. The van der Waals surface area contributed by atoms with Gasteiger partial charge in [0.05, 0.1) is 13.2 Å². The molecular formula is C24H32N2O3. The van der Waals surface area contributed by atoms with E-state index in [0.29, 0.717) is 19.6 Å². The maximum atomic E-state index is 12.2. The van der Waals surface area contributed by atoms with Gasteiger partial charge >= 0.3 is 5.97 Å². The Bertz CT molecular complexity index is 751. The predicted molar refractivity (Wildman–Crippen MR) is 116 cm³/mol.